The molecule has 1 aromatic carbocycles. The summed E-state index contributed by atoms with van der Waals surface area (Å²) in [5.41, 5.74) is 1.77. The number of nitrogens with one attached hydrogen (secondary N) is 2. The van der Waals surface area contributed by atoms with E-state index in [1.165, 1.54) is 12.7 Å². The number of nitrogens with zero attached hydrogens (tertiary/aromatic N) is 2. The zero-order valence-corrected chi connectivity index (χ0v) is 14.9. The van der Waals surface area contributed by atoms with Crippen molar-refractivity contribution in [3.05, 3.63) is 60.3 Å². The van der Waals surface area contributed by atoms with E-state index in [0.29, 0.717) is 18.1 Å². The molecule has 1 atom stereocenters. The van der Waals surface area contributed by atoms with E-state index >= 15 is 0 Å². The topological polar surface area (TPSA) is 66.5 Å². The fourth-order valence-corrected chi connectivity index (χ4v) is 2.92. The fourth-order valence-electron chi connectivity index (χ4n) is 2.92. The van der Waals surface area contributed by atoms with Gasteiger partial charge in [-0.3, -0.25) is 9.69 Å². The molecule has 1 aliphatic rings. The van der Waals surface area contributed by atoms with Crippen LogP contribution in [0.3, 0.4) is 0 Å². The number of carbonyl (C=O) groups is 1. The van der Waals surface area contributed by atoms with E-state index < -0.39 is 0 Å². The predicted octanol–water partition coefficient (Wildman–Crippen LogP) is 2.02. The Bertz CT molecular complexity index is 748. The Morgan fingerprint density at radius 3 is 3.00 bits per heavy atom. The molecule has 0 spiro atoms. The molecule has 1 fully saturated rings. The standard InChI is InChI=1S/C20H24N4O2/c1-26-20-17(10-5-11-22-20)23-19(25)18-15-24(14-12-21-18)13-6-9-16-7-3-2-4-8-16/h2-11,18,21H,12-15H2,1H3,(H,23,25). The van der Waals surface area contributed by atoms with Gasteiger partial charge in [0.05, 0.1) is 13.2 Å². The minimum atomic E-state index is -0.265. The molecule has 1 aromatic heterocycles. The third kappa shape index (κ3) is 4.91. The Kier molecular flexibility index (Phi) is 6.35. The van der Waals surface area contributed by atoms with Gasteiger partial charge in [-0.25, -0.2) is 4.98 Å². The summed E-state index contributed by atoms with van der Waals surface area (Å²) in [7, 11) is 1.54. The molecular formula is C20H24N4O2. The Morgan fingerprint density at radius 2 is 2.19 bits per heavy atom. The van der Waals surface area contributed by atoms with Crippen LogP contribution in [0.4, 0.5) is 5.69 Å². The molecule has 0 radical (unpaired) electrons. The van der Waals surface area contributed by atoms with Crippen LogP contribution >= 0.6 is 0 Å². The van der Waals surface area contributed by atoms with Gasteiger partial charge in [0, 0.05) is 32.4 Å². The van der Waals surface area contributed by atoms with Gasteiger partial charge in [-0.1, -0.05) is 42.5 Å². The van der Waals surface area contributed by atoms with Crippen molar-refractivity contribution in [1.82, 2.24) is 15.2 Å². The number of amides is 1. The summed E-state index contributed by atoms with van der Waals surface area (Å²) in [6, 6.07) is 13.5. The van der Waals surface area contributed by atoms with E-state index in [4.69, 9.17) is 4.74 Å². The van der Waals surface area contributed by atoms with Gasteiger partial charge in [0.1, 0.15) is 5.69 Å². The van der Waals surface area contributed by atoms with E-state index in [2.05, 4.69) is 44.8 Å². The van der Waals surface area contributed by atoms with Crippen molar-refractivity contribution in [1.29, 1.82) is 0 Å². The summed E-state index contributed by atoms with van der Waals surface area (Å²) >= 11 is 0. The number of benzene rings is 1. The molecule has 6 nitrogen and oxygen atoms in total. The largest absolute Gasteiger partial charge is 0.480 e. The summed E-state index contributed by atoms with van der Waals surface area (Å²) in [5.74, 6) is 0.340. The second kappa shape index (κ2) is 9.12. The molecule has 0 aliphatic carbocycles. The van der Waals surface area contributed by atoms with Gasteiger partial charge in [0.25, 0.3) is 0 Å². The van der Waals surface area contributed by atoms with E-state index in [1.54, 1.807) is 18.3 Å². The highest BCUT2D eigenvalue weighted by Gasteiger charge is 2.25. The Balaban J connectivity index is 1.54. The van der Waals surface area contributed by atoms with Gasteiger partial charge in [0.15, 0.2) is 0 Å². The maximum absolute atomic E-state index is 12.6. The van der Waals surface area contributed by atoms with Crippen molar-refractivity contribution in [2.45, 2.75) is 6.04 Å². The molecular weight excluding hydrogens is 328 g/mol. The molecule has 0 bridgehead atoms. The zero-order chi connectivity index (χ0) is 18.2. The number of rotatable bonds is 6. The predicted molar refractivity (Wildman–Crippen MR) is 103 cm³/mol. The second-order valence-corrected chi connectivity index (χ2v) is 6.13. The first kappa shape index (κ1) is 18.1. The van der Waals surface area contributed by atoms with Crippen LogP contribution in [0.2, 0.25) is 0 Å². The summed E-state index contributed by atoms with van der Waals surface area (Å²) in [6.45, 7) is 3.17. The number of carbonyl (C=O) groups excluding carboxylic acids is 1. The van der Waals surface area contributed by atoms with Crippen LogP contribution in [0.1, 0.15) is 5.56 Å². The molecule has 3 rings (SSSR count). The quantitative estimate of drug-likeness (QED) is 0.833. The van der Waals surface area contributed by atoms with Crippen LogP contribution in [-0.2, 0) is 4.79 Å². The number of anilines is 1. The van der Waals surface area contributed by atoms with Crippen molar-refractivity contribution < 1.29 is 9.53 Å². The Labute approximate surface area is 153 Å². The number of hydrogen-bond acceptors (Lipinski definition) is 5. The van der Waals surface area contributed by atoms with Crippen molar-refractivity contribution in [2.75, 3.05) is 38.6 Å². The Hall–Kier alpha value is -2.70. The minimum Gasteiger partial charge on any atom is -0.480 e. The third-order valence-electron chi connectivity index (χ3n) is 4.27. The molecule has 0 saturated carbocycles. The van der Waals surface area contributed by atoms with E-state index in [1.807, 2.05) is 18.2 Å². The number of piperazine rings is 1. The van der Waals surface area contributed by atoms with Gasteiger partial charge in [-0.15, -0.1) is 0 Å². The first-order valence-electron chi connectivity index (χ1n) is 8.73. The fraction of sp³-hybridized carbons (Fsp3) is 0.300. The molecule has 1 amide bonds. The van der Waals surface area contributed by atoms with Gasteiger partial charge < -0.3 is 15.4 Å². The van der Waals surface area contributed by atoms with Crippen molar-refractivity contribution in [2.24, 2.45) is 0 Å². The maximum Gasteiger partial charge on any atom is 0.242 e. The van der Waals surface area contributed by atoms with Crippen LogP contribution in [0.15, 0.2) is 54.7 Å². The van der Waals surface area contributed by atoms with Crippen molar-refractivity contribution in [3.63, 3.8) is 0 Å². The molecule has 136 valence electrons. The van der Waals surface area contributed by atoms with Crippen LogP contribution in [0.5, 0.6) is 5.88 Å². The smallest absolute Gasteiger partial charge is 0.242 e. The summed E-state index contributed by atoms with van der Waals surface area (Å²) < 4.78 is 5.18. The normalized spacial score (nSPS) is 18.0. The summed E-state index contributed by atoms with van der Waals surface area (Å²) in [5, 5.41) is 6.18. The first-order chi connectivity index (χ1) is 12.8. The highest BCUT2D eigenvalue weighted by atomic mass is 16.5. The van der Waals surface area contributed by atoms with Crippen molar-refractivity contribution in [3.8, 4) is 5.88 Å². The van der Waals surface area contributed by atoms with Gasteiger partial charge in [-0.05, 0) is 17.7 Å². The zero-order valence-electron chi connectivity index (χ0n) is 14.9. The molecule has 1 unspecified atom stereocenters. The average Bonchev–Trinajstić information content (AvgIpc) is 2.69. The lowest BCUT2D eigenvalue weighted by Crippen LogP contribution is -2.55. The Morgan fingerprint density at radius 1 is 1.35 bits per heavy atom. The lowest BCUT2D eigenvalue weighted by Gasteiger charge is -2.32. The molecule has 6 heteroatoms. The molecule has 26 heavy (non-hydrogen) atoms. The van der Waals surface area contributed by atoms with Gasteiger partial charge >= 0.3 is 0 Å². The van der Waals surface area contributed by atoms with E-state index in [-0.39, 0.29) is 11.9 Å². The van der Waals surface area contributed by atoms with Crippen LogP contribution in [0, 0.1) is 0 Å². The first-order valence-corrected chi connectivity index (χ1v) is 8.73. The van der Waals surface area contributed by atoms with Gasteiger partial charge in [0.2, 0.25) is 11.8 Å². The minimum absolute atomic E-state index is 0.0759. The van der Waals surface area contributed by atoms with E-state index in [9.17, 15) is 4.79 Å². The lowest BCUT2D eigenvalue weighted by atomic mass is 10.1. The van der Waals surface area contributed by atoms with E-state index in [0.717, 1.165) is 19.6 Å². The molecule has 1 aliphatic heterocycles. The number of aromatic nitrogens is 1. The number of methoxy groups -OCH3 is 1. The maximum atomic E-state index is 12.6. The molecule has 1 saturated heterocycles. The lowest BCUT2D eigenvalue weighted by molar-refractivity contribution is -0.119. The summed E-state index contributed by atoms with van der Waals surface area (Å²) in [6.07, 6.45) is 5.88. The van der Waals surface area contributed by atoms with Crippen LogP contribution in [-0.4, -0.2) is 55.1 Å². The second-order valence-electron chi connectivity index (χ2n) is 6.13. The van der Waals surface area contributed by atoms with Crippen molar-refractivity contribution >= 4 is 17.7 Å². The SMILES string of the molecule is COc1ncccc1NC(=O)C1CN(CC=Cc2ccccc2)CCN1. The number of pyridine rings is 1. The molecule has 2 heterocycles. The third-order valence-corrected chi connectivity index (χ3v) is 4.27. The highest BCUT2D eigenvalue weighted by molar-refractivity contribution is 5.96. The molecule has 2 N–H and O–H groups in total. The molecule has 2 aromatic rings. The van der Waals surface area contributed by atoms with Crippen LogP contribution in [0.25, 0.3) is 6.08 Å². The average molecular weight is 352 g/mol. The van der Waals surface area contributed by atoms with Gasteiger partial charge in [-0.2, -0.15) is 0 Å². The monoisotopic (exact) mass is 352 g/mol. The highest BCUT2D eigenvalue weighted by Crippen LogP contribution is 2.20. The van der Waals surface area contributed by atoms with Crippen LogP contribution < -0.4 is 15.4 Å². The number of ether oxygens (including phenoxy) is 1. The summed E-state index contributed by atoms with van der Waals surface area (Å²) in [4.78, 5) is 18.9. The number of hydrogen-bond donors (Lipinski definition) is 2.